The zero-order valence-corrected chi connectivity index (χ0v) is 12.8. The van der Waals surface area contributed by atoms with Gasteiger partial charge in [-0.1, -0.05) is 0 Å². The van der Waals surface area contributed by atoms with Crippen molar-refractivity contribution in [1.29, 1.82) is 0 Å². The second kappa shape index (κ2) is 5.48. The lowest BCUT2D eigenvalue weighted by atomic mass is 10.1. The molecule has 0 spiro atoms. The summed E-state index contributed by atoms with van der Waals surface area (Å²) in [5.41, 5.74) is 2.79. The summed E-state index contributed by atoms with van der Waals surface area (Å²) < 4.78 is 13.6. The summed E-state index contributed by atoms with van der Waals surface area (Å²) in [6, 6.07) is 7.34. The molecular weight excluding hydrogens is 279 g/mol. The van der Waals surface area contributed by atoms with Crippen LogP contribution in [-0.2, 0) is 0 Å². The van der Waals surface area contributed by atoms with Gasteiger partial charge in [0.1, 0.15) is 5.82 Å². The Kier molecular flexibility index (Phi) is 3.47. The quantitative estimate of drug-likeness (QED) is 0.940. The van der Waals surface area contributed by atoms with Crippen molar-refractivity contribution in [2.75, 3.05) is 44.6 Å². The molecule has 5 heteroatoms. The van der Waals surface area contributed by atoms with E-state index in [9.17, 15) is 4.39 Å². The summed E-state index contributed by atoms with van der Waals surface area (Å²) in [4.78, 5) is 9.57. The Morgan fingerprint density at radius 3 is 2.77 bits per heavy atom. The molecular formula is C17H21FN4. The Morgan fingerprint density at radius 1 is 1.23 bits per heavy atom. The van der Waals surface area contributed by atoms with Crippen molar-refractivity contribution in [3.63, 3.8) is 0 Å². The van der Waals surface area contributed by atoms with E-state index in [2.05, 4.69) is 20.1 Å². The molecule has 1 unspecified atom stereocenters. The predicted octanol–water partition coefficient (Wildman–Crippen LogP) is 2.09. The second-order valence-electron chi connectivity index (χ2n) is 6.34. The monoisotopic (exact) mass is 300 g/mol. The van der Waals surface area contributed by atoms with E-state index >= 15 is 0 Å². The number of nitrogens with zero attached hydrogens (tertiary/aromatic N) is 3. The van der Waals surface area contributed by atoms with Crippen LogP contribution >= 0.6 is 0 Å². The van der Waals surface area contributed by atoms with Crippen LogP contribution in [0.5, 0.6) is 0 Å². The number of hydrogen-bond donors (Lipinski definition) is 1. The summed E-state index contributed by atoms with van der Waals surface area (Å²) >= 11 is 0. The Balaban J connectivity index is 1.57. The molecule has 3 saturated heterocycles. The van der Waals surface area contributed by atoms with Crippen molar-refractivity contribution in [2.45, 2.75) is 13.0 Å². The molecule has 1 aromatic heterocycles. The highest BCUT2D eigenvalue weighted by Crippen LogP contribution is 2.25. The van der Waals surface area contributed by atoms with Gasteiger partial charge in [-0.2, -0.15) is 0 Å². The summed E-state index contributed by atoms with van der Waals surface area (Å²) in [6.07, 6.45) is 0. The summed E-state index contributed by atoms with van der Waals surface area (Å²) in [5, 5.41) is 4.40. The number of hydrogen-bond acceptors (Lipinski definition) is 4. The van der Waals surface area contributed by atoms with Crippen LogP contribution in [-0.4, -0.2) is 60.1 Å². The van der Waals surface area contributed by atoms with Crippen molar-refractivity contribution in [2.24, 2.45) is 0 Å². The van der Waals surface area contributed by atoms with Crippen molar-refractivity contribution >= 4 is 16.6 Å². The molecule has 3 fully saturated rings. The van der Waals surface area contributed by atoms with Crippen molar-refractivity contribution < 1.29 is 4.39 Å². The molecule has 5 rings (SSSR count). The maximum Gasteiger partial charge on any atom is 0.124 e. The van der Waals surface area contributed by atoms with Crippen LogP contribution in [0.2, 0.25) is 0 Å². The van der Waals surface area contributed by atoms with E-state index in [1.807, 2.05) is 13.0 Å². The predicted molar refractivity (Wildman–Crippen MR) is 86.7 cm³/mol. The van der Waals surface area contributed by atoms with Gasteiger partial charge >= 0.3 is 0 Å². The topological polar surface area (TPSA) is 31.4 Å². The minimum absolute atomic E-state index is 0.215. The van der Waals surface area contributed by atoms with E-state index < -0.39 is 0 Å². The molecule has 22 heavy (non-hydrogen) atoms. The van der Waals surface area contributed by atoms with Crippen molar-refractivity contribution in [1.82, 2.24) is 14.8 Å². The minimum atomic E-state index is -0.215. The molecule has 1 N–H and O–H groups in total. The number of nitrogens with one attached hydrogen (secondary N) is 1. The molecule has 4 nitrogen and oxygen atoms in total. The van der Waals surface area contributed by atoms with Gasteiger partial charge in [-0.25, -0.2) is 4.39 Å². The number of pyridine rings is 1. The highest BCUT2D eigenvalue weighted by molar-refractivity contribution is 5.91. The molecule has 3 aliphatic heterocycles. The molecule has 3 aliphatic rings. The first-order chi connectivity index (χ1) is 10.7. The van der Waals surface area contributed by atoms with E-state index in [0.717, 1.165) is 48.5 Å². The molecule has 116 valence electrons. The van der Waals surface area contributed by atoms with Gasteiger partial charge in [0.2, 0.25) is 0 Å². The van der Waals surface area contributed by atoms with E-state index in [0.29, 0.717) is 6.04 Å². The van der Waals surface area contributed by atoms with E-state index in [1.165, 1.54) is 19.2 Å². The number of fused-ring (bicyclic) bond motifs is 4. The van der Waals surface area contributed by atoms with Gasteiger partial charge in [0.05, 0.1) is 5.52 Å². The third-order valence-corrected chi connectivity index (χ3v) is 4.82. The summed E-state index contributed by atoms with van der Waals surface area (Å²) in [5.74, 6) is -0.215. The van der Waals surface area contributed by atoms with Gasteiger partial charge in [-0.15, -0.1) is 0 Å². The van der Waals surface area contributed by atoms with Crippen molar-refractivity contribution in [3.8, 4) is 0 Å². The van der Waals surface area contributed by atoms with Crippen LogP contribution < -0.4 is 5.32 Å². The van der Waals surface area contributed by atoms with E-state index in [1.54, 1.807) is 12.1 Å². The molecule has 0 radical (unpaired) electrons. The zero-order chi connectivity index (χ0) is 15.1. The van der Waals surface area contributed by atoms with Gasteiger partial charge in [0.15, 0.2) is 0 Å². The molecule has 1 aromatic carbocycles. The third kappa shape index (κ3) is 2.55. The fourth-order valence-electron chi connectivity index (χ4n) is 3.62. The lowest BCUT2D eigenvalue weighted by Gasteiger charge is -2.47. The number of benzene rings is 1. The van der Waals surface area contributed by atoms with Crippen LogP contribution in [0.25, 0.3) is 10.9 Å². The van der Waals surface area contributed by atoms with Crippen LogP contribution in [0, 0.1) is 12.7 Å². The van der Waals surface area contributed by atoms with Gasteiger partial charge in [-0.05, 0) is 31.2 Å². The first kappa shape index (κ1) is 13.9. The first-order valence-electron chi connectivity index (χ1n) is 7.96. The fraction of sp³-hybridized carbons (Fsp3) is 0.471. The zero-order valence-electron chi connectivity index (χ0n) is 12.8. The number of anilines is 1. The maximum absolute atomic E-state index is 13.6. The second-order valence-corrected chi connectivity index (χ2v) is 6.34. The highest BCUT2D eigenvalue weighted by Gasteiger charge is 2.31. The first-order valence-corrected chi connectivity index (χ1v) is 7.96. The molecule has 1 atom stereocenters. The average Bonchev–Trinajstić information content (AvgIpc) is 2.54. The lowest BCUT2D eigenvalue weighted by Crippen LogP contribution is -2.62. The smallest absolute Gasteiger partial charge is 0.124 e. The Labute approximate surface area is 129 Å². The summed E-state index contributed by atoms with van der Waals surface area (Å²) in [7, 11) is 0. The number of piperazine rings is 3. The van der Waals surface area contributed by atoms with E-state index in [4.69, 9.17) is 0 Å². The number of rotatable bonds is 3. The Bertz CT molecular complexity index is 694. The lowest BCUT2D eigenvalue weighted by molar-refractivity contribution is 0.0189. The van der Waals surface area contributed by atoms with Crippen LogP contribution in [0.4, 0.5) is 10.1 Å². The van der Waals surface area contributed by atoms with Crippen molar-refractivity contribution in [3.05, 3.63) is 35.8 Å². The van der Waals surface area contributed by atoms with E-state index in [-0.39, 0.29) is 5.82 Å². The molecule has 0 saturated carbocycles. The van der Waals surface area contributed by atoms with Gasteiger partial charge in [0.25, 0.3) is 0 Å². The summed E-state index contributed by atoms with van der Waals surface area (Å²) in [6.45, 7) is 8.72. The van der Waals surface area contributed by atoms with Gasteiger partial charge in [0, 0.05) is 62.1 Å². The number of halogens is 1. The number of aromatic nitrogens is 1. The standard InChI is InChI=1S/C17H21FN4/c1-12-8-17(15-9-13(18)2-3-16(15)20-12)19-10-14-11-21-4-6-22(14)7-5-21/h2-3,8-9,14H,4-7,10-11H2,1H3,(H,19,20). The molecule has 0 amide bonds. The molecule has 0 aliphatic carbocycles. The normalized spacial score (nSPS) is 27.3. The SMILES string of the molecule is Cc1cc(NCC2CN3CCN2CC3)c2cc(F)ccc2n1. The number of aryl methyl sites for hydroxylation is 1. The average molecular weight is 300 g/mol. The van der Waals surface area contributed by atoms with Crippen LogP contribution in [0.15, 0.2) is 24.3 Å². The largest absolute Gasteiger partial charge is 0.383 e. The molecule has 2 aromatic rings. The fourth-order valence-corrected chi connectivity index (χ4v) is 3.62. The van der Waals surface area contributed by atoms with Gasteiger partial charge in [-0.3, -0.25) is 14.8 Å². The third-order valence-electron chi connectivity index (χ3n) is 4.82. The van der Waals surface area contributed by atoms with Crippen LogP contribution in [0.1, 0.15) is 5.69 Å². The van der Waals surface area contributed by atoms with Gasteiger partial charge < -0.3 is 5.32 Å². The molecule has 2 bridgehead atoms. The maximum atomic E-state index is 13.6. The minimum Gasteiger partial charge on any atom is -0.383 e. The van der Waals surface area contributed by atoms with Crippen LogP contribution in [0.3, 0.4) is 0 Å². The molecule has 4 heterocycles. The Morgan fingerprint density at radius 2 is 2.05 bits per heavy atom. The highest BCUT2D eigenvalue weighted by atomic mass is 19.1. The Hall–Kier alpha value is -1.72.